The van der Waals surface area contributed by atoms with Gasteiger partial charge in [-0.3, -0.25) is 0 Å². The lowest BCUT2D eigenvalue weighted by Crippen LogP contribution is -2.18. The molecule has 1 aromatic rings. The molecule has 0 saturated heterocycles. The molecule has 1 aliphatic carbocycles. The molecule has 1 heterocycles. The standard InChI is InChI=1S/C9H13N3O/c1-5-2-7-6(8(13)3-5)4-11-9(10)12-7/h4-5,8,13H,2-3H2,1H3,(H2,10,11,12). The molecule has 1 aliphatic rings. The summed E-state index contributed by atoms with van der Waals surface area (Å²) in [4.78, 5) is 8.00. The summed E-state index contributed by atoms with van der Waals surface area (Å²) in [6.07, 6.45) is 2.90. The fourth-order valence-electron chi connectivity index (χ4n) is 1.81. The van der Waals surface area contributed by atoms with Crippen LogP contribution in [0.5, 0.6) is 0 Å². The topological polar surface area (TPSA) is 72.0 Å². The molecule has 0 radical (unpaired) electrons. The molecule has 13 heavy (non-hydrogen) atoms. The van der Waals surface area contributed by atoms with Crippen LogP contribution in [0.3, 0.4) is 0 Å². The second-order valence-corrected chi connectivity index (χ2v) is 3.69. The Bertz CT molecular complexity index is 327. The second kappa shape index (κ2) is 2.96. The number of hydrogen-bond donors (Lipinski definition) is 2. The van der Waals surface area contributed by atoms with Gasteiger partial charge in [0.05, 0.1) is 11.8 Å². The Morgan fingerprint density at radius 2 is 2.38 bits per heavy atom. The first-order chi connectivity index (χ1) is 6.16. The van der Waals surface area contributed by atoms with Crippen LogP contribution in [0.4, 0.5) is 5.95 Å². The lowest BCUT2D eigenvalue weighted by Gasteiger charge is -2.24. The van der Waals surface area contributed by atoms with Crippen molar-refractivity contribution in [3.63, 3.8) is 0 Å². The SMILES string of the molecule is CC1Cc2nc(N)ncc2C(O)C1. The summed E-state index contributed by atoms with van der Waals surface area (Å²) >= 11 is 0. The number of anilines is 1. The third kappa shape index (κ3) is 1.49. The van der Waals surface area contributed by atoms with Crippen LogP contribution in [0.25, 0.3) is 0 Å². The molecule has 0 aromatic carbocycles. The smallest absolute Gasteiger partial charge is 0.220 e. The van der Waals surface area contributed by atoms with Gasteiger partial charge in [-0.2, -0.15) is 0 Å². The van der Waals surface area contributed by atoms with Crippen molar-refractivity contribution in [2.45, 2.75) is 25.9 Å². The van der Waals surface area contributed by atoms with Crippen molar-refractivity contribution in [1.29, 1.82) is 0 Å². The highest BCUT2D eigenvalue weighted by atomic mass is 16.3. The Balaban J connectivity index is 2.43. The quantitative estimate of drug-likeness (QED) is 0.614. The predicted molar refractivity (Wildman–Crippen MR) is 48.9 cm³/mol. The molecule has 70 valence electrons. The molecule has 0 amide bonds. The third-order valence-corrected chi connectivity index (χ3v) is 2.45. The third-order valence-electron chi connectivity index (χ3n) is 2.45. The summed E-state index contributed by atoms with van der Waals surface area (Å²) in [7, 11) is 0. The molecule has 1 aromatic heterocycles. The summed E-state index contributed by atoms with van der Waals surface area (Å²) < 4.78 is 0. The van der Waals surface area contributed by atoms with Gasteiger partial charge in [-0.15, -0.1) is 0 Å². The summed E-state index contributed by atoms with van der Waals surface area (Å²) in [5.74, 6) is 0.761. The normalized spacial score (nSPS) is 26.9. The number of nitrogens with zero attached hydrogens (tertiary/aromatic N) is 2. The van der Waals surface area contributed by atoms with Crippen molar-refractivity contribution in [1.82, 2.24) is 9.97 Å². The molecule has 4 nitrogen and oxygen atoms in total. The van der Waals surface area contributed by atoms with Crippen LogP contribution < -0.4 is 5.73 Å². The highest BCUT2D eigenvalue weighted by Crippen LogP contribution is 2.31. The molecular formula is C9H13N3O. The number of nitrogens with two attached hydrogens (primary N) is 1. The van der Waals surface area contributed by atoms with E-state index >= 15 is 0 Å². The molecule has 2 unspecified atom stereocenters. The number of rotatable bonds is 0. The van der Waals surface area contributed by atoms with E-state index < -0.39 is 6.10 Å². The minimum Gasteiger partial charge on any atom is -0.388 e. The van der Waals surface area contributed by atoms with E-state index in [1.807, 2.05) is 0 Å². The van der Waals surface area contributed by atoms with E-state index in [4.69, 9.17) is 5.73 Å². The van der Waals surface area contributed by atoms with E-state index in [2.05, 4.69) is 16.9 Å². The van der Waals surface area contributed by atoms with Gasteiger partial charge in [0, 0.05) is 11.8 Å². The van der Waals surface area contributed by atoms with E-state index in [0.717, 1.165) is 24.1 Å². The Kier molecular flexibility index (Phi) is 1.92. The molecule has 2 atom stereocenters. The average Bonchev–Trinajstić information content (AvgIpc) is 2.02. The van der Waals surface area contributed by atoms with Crippen LogP contribution in [-0.2, 0) is 6.42 Å². The number of fused-ring (bicyclic) bond motifs is 1. The number of aromatic nitrogens is 2. The number of hydrogen-bond acceptors (Lipinski definition) is 4. The van der Waals surface area contributed by atoms with Crippen molar-refractivity contribution < 1.29 is 5.11 Å². The molecule has 3 N–H and O–H groups in total. The minimum atomic E-state index is -0.417. The Morgan fingerprint density at radius 3 is 3.15 bits per heavy atom. The van der Waals surface area contributed by atoms with Crippen LogP contribution in [0.2, 0.25) is 0 Å². The van der Waals surface area contributed by atoms with E-state index in [1.165, 1.54) is 0 Å². The van der Waals surface area contributed by atoms with Crippen LogP contribution in [-0.4, -0.2) is 15.1 Å². The van der Waals surface area contributed by atoms with Gasteiger partial charge in [0.15, 0.2) is 0 Å². The van der Waals surface area contributed by atoms with Gasteiger partial charge >= 0.3 is 0 Å². The molecule has 0 spiro atoms. The Morgan fingerprint density at radius 1 is 1.62 bits per heavy atom. The monoisotopic (exact) mass is 179 g/mol. The first-order valence-electron chi connectivity index (χ1n) is 4.46. The lowest BCUT2D eigenvalue weighted by atomic mass is 9.87. The maximum Gasteiger partial charge on any atom is 0.220 e. The first kappa shape index (κ1) is 8.44. The minimum absolute atomic E-state index is 0.292. The van der Waals surface area contributed by atoms with Crippen molar-refractivity contribution in [2.75, 3.05) is 5.73 Å². The fraction of sp³-hybridized carbons (Fsp3) is 0.556. The van der Waals surface area contributed by atoms with E-state index in [1.54, 1.807) is 6.20 Å². The van der Waals surface area contributed by atoms with Crippen molar-refractivity contribution >= 4 is 5.95 Å². The largest absolute Gasteiger partial charge is 0.388 e. The van der Waals surface area contributed by atoms with Gasteiger partial charge in [0.2, 0.25) is 5.95 Å². The van der Waals surface area contributed by atoms with Gasteiger partial charge in [-0.05, 0) is 18.8 Å². The van der Waals surface area contributed by atoms with Gasteiger partial charge < -0.3 is 10.8 Å². The van der Waals surface area contributed by atoms with E-state index in [9.17, 15) is 5.11 Å². The molecule has 0 fully saturated rings. The molecule has 0 bridgehead atoms. The number of aliphatic hydroxyl groups excluding tert-OH is 1. The van der Waals surface area contributed by atoms with Crippen LogP contribution in [0, 0.1) is 5.92 Å². The molecule has 4 heteroatoms. The maximum absolute atomic E-state index is 9.70. The molecule has 0 aliphatic heterocycles. The zero-order chi connectivity index (χ0) is 9.42. The van der Waals surface area contributed by atoms with E-state index in [-0.39, 0.29) is 0 Å². The lowest BCUT2D eigenvalue weighted by molar-refractivity contribution is 0.134. The zero-order valence-corrected chi connectivity index (χ0v) is 7.57. The highest BCUT2D eigenvalue weighted by molar-refractivity contribution is 5.28. The van der Waals surface area contributed by atoms with Crippen LogP contribution in [0.15, 0.2) is 6.20 Å². The van der Waals surface area contributed by atoms with Crippen molar-refractivity contribution in [3.05, 3.63) is 17.5 Å². The maximum atomic E-state index is 9.70. The predicted octanol–water partition coefficient (Wildman–Crippen LogP) is 0.675. The van der Waals surface area contributed by atoms with Gasteiger partial charge in [-0.1, -0.05) is 6.92 Å². The molecule has 2 rings (SSSR count). The van der Waals surface area contributed by atoms with Gasteiger partial charge in [0.25, 0.3) is 0 Å². The first-order valence-corrected chi connectivity index (χ1v) is 4.46. The number of nitrogen functional groups attached to an aromatic ring is 1. The summed E-state index contributed by atoms with van der Waals surface area (Å²) in [6.45, 7) is 2.10. The van der Waals surface area contributed by atoms with Crippen molar-refractivity contribution in [2.24, 2.45) is 5.92 Å². The highest BCUT2D eigenvalue weighted by Gasteiger charge is 2.24. The fourth-order valence-corrected chi connectivity index (χ4v) is 1.81. The summed E-state index contributed by atoms with van der Waals surface area (Å²) in [5, 5.41) is 9.70. The molecule has 0 saturated carbocycles. The van der Waals surface area contributed by atoms with Gasteiger partial charge in [0.1, 0.15) is 0 Å². The van der Waals surface area contributed by atoms with Crippen LogP contribution >= 0.6 is 0 Å². The molecular weight excluding hydrogens is 166 g/mol. The summed E-state index contributed by atoms with van der Waals surface area (Å²) in [6, 6.07) is 0. The van der Waals surface area contributed by atoms with Gasteiger partial charge in [-0.25, -0.2) is 9.97 Å². The second-order valence-electron chi connectivity index (χ2n) is 3.69. The number of aliphatic hydroxyl groups is 1. The van der Waals surface area contributed by atoms with Crippen LogP contribution in [0.1, 0.15) is 30.7 Å². The summed E-state index contributed by atoms with van der Waals surface area (Å²) in [5.41, 5.74) is 7.21. The zero-order valence-electron chi connectivity index (χ0n) is 7.57. The average molecular weight is 179 g/mol. The Hall–Kier alpha value is -1.16. The Labute approximate surface area is 76.8 Å². The van der Waals surface area contributed by atoms with Crippen molar-refractivity contribution in [3.8, 4) is 0 Å². The van der Waals surface area contributed by atoms with E-state index in [0.29, 0.717) is 11.9 Å².